The molecule has 6 nitrogen and oxygen atoms in total. The molecule has 0 aliphatic rings. The Bertz CT molecular complexity index is 1010. The van der Waals surface area contributed by atoms with Crippen LogP contribution in [0.4, 0.5) is 10.1 Å². The first-order chi connectivity index (χ1) is 14.9. The van der Waals surface area contributed by atoms with Gasteiger partial charge in [-0.1, -0.05) is 0 Å². The fourth-order valence-electron chi connectivity index (χ4n) is 3.25. The highest BCUT2D eigenvalue weighted by atomic mass is 32.1. The first-order valence-electron chi connectivity index (χ1n) is 9.71. The number of benzene rings is 2. The van der Waals surface area contributed by atoms with Crippen molar-refractivity contribution in [3.05, 3.63) is 63.9 Å². The van der Waals surface area contributed by atoms with Gasteiger partial charge in [-0.3, -0.25) is 4.79 Å². The monoisotopic (exact) mass is 444 g/mol. The van der Waals surface area contributed by atoms with Crippen LogP contribution in [0.2, 0.25) is 0 Å². The Labute approximate surface area is 185 Å². The number of anilines is 1. The maximum absolute atomic E-state index is 13.4. The summed E-state index contributed by atoms with van der Waals surface area (Å²) >= 11 is 1.53. The van der Waals surface area contributed by atoms with Crippen molar-refractivity contribution < 1.29 is 23.4 Å². The Morgan fingerprint density at radius 2 is 1.71 bits per heavy atom. The summed E-state index contributed by atoms with van der Waals surface area (Å²) in [4.78, 5) is 19.3. The fourth-order valence-corrected chi connectivity index (χ4v) is 3.86. The van der Waals surface area contributed by atoms with E-state index in [1.807, 2.05) is 24.4 Å². The molecule has 0 unspecified atom stereocenters. The number of halogens is 1. The lowest BCUT2D eigenvalue weighted by atomic mass is 10.1. The summed E-state index contributed by atoms with van der Waals surface area (Å²) in [5.74, 6) is 1.14. The van der Waals surface area contributed by atoms with Crippen molar-refractivity contribution in [1.29, 1.82) is 0 Å². The van der Waals surface area contributed by atoms with E-state index < -0.39 is 0 Å². The molecular weight excluding hydrogens is 419 g/mol. The Kier molecular flexibility index (Phi) is 7.46. The van der Waals surface area contributed by atoms with Gasteiger partial charge in [0, 0.05) is 17.5 Å². The SMILES string of the molecule is COc1cc(CCC(=O)N(Cc2csc(C)n2)c2ccc(F)cc2)cc(OC)c1OC. The predicted octanol–water partition coefficient (Wildman–Crippen LogP) is 4.78. The van der Waals surface area contributed by atoms with Crippen LogP contribution in [0.5, 0.6) is 17.2 Å². The van der Waals surface area contributed by atoms with Crippen molar-refractivity contribution in [2.45, 2.75) is 26.3 Å². The highest BCUT2D eigenvalue weighted by Crippen LogP contribution is 2.38. The molecule has 8 heteroatoms. The molecule has 0 fully saturated rings. The van der Waals surface area contributed by atoms with Gasteiger partial charge < -0.3 is 19.1 Å². The van der Waals surface area contributed by atoms with Crippen LogP contribution in [0.15, 0.2) is 41.8 Å². The molecule has 0 spiro atoms. The second-order valence-corrected chi connectivity index (χ2v) is 7.91. The van der Waals surface area contributed by atoms with Gasteiger partial charge >= 0.3 is 0 Å². The number of aryl methyl sites for hydroxylation is 2. The van der Waals surface area contributed by atoms with Crippen LogP contribution < -0.4 is 19.1 Å². The largest absolute Gasteiger partial charge is 0.493 e. The molecule has 0 atom stereocenters. The Morgan fingerprint density at radius 3 is 2.23 bits per heavy atom. The van der Waals surface area contributed by atoms with E-state index in [4.69, 9.17) is 14.2 Å². The molecule has 0 aliphatic carbocycles. The summed E-state index contributed by atoms with van der Waals surface area (Å²) in [6.45, 7) is 2.24. The minimum atomic E-state index is -0.349. The third kappa shape index (κ3) is 5.52. The molecule has 0 saturated carbocycles. The van der Waals surface area contributed by atoms with Crippen molar-refractivity contribution in [3.63, 3.8) is 0 Å². The van der Waals surface area contributed by atoms with Gasteiger partial charge in [0.2, 0.25) is 11.7 Å². The normalized spacial score (nSPS) is 10.6. The van der Waals surface area contributed by atoms with E-state index in [1.54, 1.807) is 38.4 Å². The number of carbonyl (C=O) groups is 1. The van der Waals surface area contributed by atoms with Gasteiger partial charge in [-0.2, -0.15) is 0 Å². The van der Waals surface area contributed by atoms with Crippen molar-refractivity contribution in [3.8, 4) is 17.2 Å². The Balaban J connectivity index is 1.81. The van der Waals surface area contributed by atoms with E-state index in [9.17, 15) is 9.18 Å². The number of amides is 1. The van der Waals surface area contributed by atoms with Gasteiger partial charge in [0.05, 0.1) is 38.6 Å². The van der Waals surface area contributed by atoms with Gasteiger partial charge in [0.15, 0.2) is 11.5 Å². The van der Waals surface area contributed by atoms with Crippen molar-refractivity contribution >= 4 is 22.9 Å². The standard InChI is InChI=1S/C23H25FN2O4S/c1-15-25-18(14-31-15)13-26(19-8-6-17(24)7-9-19)22(27)10-5-16-11-20(28-2)23(30-4)21(12-16)29-3/h6-9,11-12,14H,5,10,13H2,1-4H3. The van der Waals surface area contributed by atoms with Gasteiger partial charge in [0.1, 0.15) is 5.82 Å². The number of hydrogen-bond acceptors (Lipinski definition) is 6. The average molecular weight is 445 g/mol. The molecule has 1 amide bonds. The number of rotatable bonds is 9. The molecule has 0 bridgehead atoms. The topological polar surface area (TPSA) is 60.9 Å². The second-order valence-electron chi connectivity index (χ2n) is 6.85. The lowest BCUT2D eigenvalue weighted by Gasteiger charge is -2.22. The average Bonchev–Trinajstić information content (AvgIpc) is 3.20. The number of aromatic nitrogens is 1. The lowest BCUT2D eigenvalue weighted by molar-refractivity contribution is -0.118. The summed E-state index contributed by atoms with van der Waals surface area (Å²) in [5, 5.41) is 2.86. The number of hydrogen-bond donors (Lipinski definition) is 0. The molecule has 164 valence electrons. The fraction of sp³-hybridized carbons (Fsp3) is 0.304. The lowest BCUT2D eigenvalue weighted by Crippen LogP contribution is -2.30. The van der Waals surface area contributed by atoms with E-state index in [1.165, 1.54) is 23.5 Å². The number of carbonyl (C=O) groups excluding carboxylic acids is 1. The first kappa shape index (κ1) is 22.6. The van der Waals surface area contributed by atoms with E-state index in [-0.39, 0.29) is 18.1 Å². The quantitative estimate of drug-likeness (QED) is 0.475. The van der Waals surface area contributed by atoms with E-state index >= 15 is 0 Å². The predicted molar refractivity (Wildman–Crippen MR) is 119 cm³/mol. The second kappa shape index (κ2) is 10.3. The van der Waals surface area contributed by atoms with Crippen molar-refractivity contribution in [1.82, 2.24) is 4.98 Å². The summed E-state index contributed by atoms with van der Waals surface area (Å²) < 4.78 is 29.5. The molecule has 31 heavy (non-hydrogen) atoms. The molecule has 1 aromatic heterocycles. The molecule has 3 aromatic rings. The first-order valence-corrected chi connectivity index (χ1v) is 10.6. The molecule has 0 N–H and O–H groups in total. The Morgan fingerprint density at radius 1 is 1.06 bits per heavy atom. The summed E-state index contributed by atoms with van der Waals surface area (Å²) in [7, 11) is 4.65. The molecule has 3 rings (SSSR count). The Hall–Kier alpha value is -3.13. The highest BCUT2D eigenvalue weighted by Gasteiger charge is 2.19. The highest BCUT2D eigenvalue weighted by molar-refractivity contribution is 7.09. The van der Waals surface area contributed by atoms with Crippen LogP contribution in [0.25, 0.3) is 0 Å². The maximum Gasteiger partial charge on any atom is 0.227 e. The summed E-state index contributed by atoms with van der Waals surface area (Å²) in [6.07, 6.45) is 0.725. The molecule has 1 heterocycles. The van der Waals surface area contributed by atoms with E-state index in [2.05, 4.69) is 4.98 Å². The molecular formula is C23H25FN2O4S. The zero-order chi connectivity index (χ0) is 22.4. The third-order valence-corrected chi connectivity index (χ3v) is 5.60. The van der Waals surface area contributed by atoms with Crippen LogP contribution in [0.3, 0.4) is 0 Å². The van der Waals surface area contributed by atoms with Gasteiger partial charge in [0.25, 0.3) is 0 Å². The molecule has 2 aromatic carbocycles. The van der Waals surface area contributed by atoms with Gasteiger partial charge in [-0.05, 0) is 55.3 Å². The number of ether oxygens (including phenoxy) is 3. The minimum absolute atomic E-state index is 0.0917. The van der Waals surface area contributed by atoms with E-state index in [0.29, 0.717) is 35.9 Å². The number of nitrogens with zero attached hydrogens (tertiary/aromatic N) is 2. The molecule has 0 radical (unpaired) electrons. The van der Waals surface area contributed by atoms with Gasteiger partial charge in [-0.25, -0.2) is 9.37 Å². The van der Waals surface area contributed by atoms with Crippen LogP contribution in [0.1, 0.15) is 22.7 Å². The van der Waals surface area contributed by atoms with Crippen LogP contribution in [0, 0.1) is 12.7 Å². The summed E-state index contributed by atoms with van der Waals surface area (Å²) in [5.41, 5.74) is 2.31. The van der Waals surface area contributed by atoms with Gasteiger partial charge in [-0.15, -0.1) is 11.3 Å². The van der Waals surface area contributed by atoms with Crippen LogP contribution in [-0.2, 0) is 17.8 Å². The zero-order valence-corrected chi connectivity index (χ0v) is 18.8. The van der Waals surface area contributed by atoms with Crippen molar-refractivity contribution in [2.24, 2.45) is 0 Å². The van der Waals surface area contributed by atoms with Crippen LogP contribution >= 0.6 is 11.3 Å². The van der Waals surface area contributed by atoms with Crippen molar-refractivity contribution in [2.75, 3.05) is 26.2 Å². The zero-order valence-electron chi connectivity index (χ0n) is 18.0. The third-order valence-electron chi connectivity index (χ3n) is 4.78. The smallest absolute Gasteiger partial charge is 0.227 e. The minimum Gasteiger partial charge on any atom is -0.493 e. The van der Waals surface area contributed by atoms with Crippen LogP contribution in [-0.4, -0.2) is 32.2 Å². The van der Waals surface area contributed by atoms with E-state index in [0.717, 1.165) is 16.3 Å². The molecule has 0 aliphatic heterocycles. The molecule has 0 saturated heterocycles. The maximum atomic E-state index is 13.4. The number of thiazole rings is 1. The number of methoxy groups -OCH3 is 3. The summed E-state index contributed by atoms with van der Waals surface area (Å²) in [6, 6.07) is 9.57.